The van der Waals surface area contributed by atoms with Gasteiger partial charge in [-0.05, 0) is 74.3 Å². The van der Waals surface area contributed by atoms with E-state index in [-0.39, 0.29) is 5.41 Å². The molecule has 0 aliphatic carbocycles. The van der Waals surface area contributed by atoms with Crippen molar-refractivity contribution in [3.63, 3.8) is 0 Å². The van der Waals surface area contributed by atoms with Crippen LogP contribution in [0.3, 0.4) is 0 Å². The summed E-state index contributed by atoms with van der Waals surface area (Å²) in [6, 6.07) is 26.8. The summed E-state index contributed by atoms with van der Waals surface area (Å²) in [5.74, 6) is 1.57. The summed E-state index contributed by atoms with van der Waals surface area (Å²) >= 11 is 0. The van der Waals surface area contributed by atoms with Gasteiger partial charge in [0.15, 0.2) is 0 Å². The second-order valence-electron chi connectivity index (χ2n) is 10.1. The smallest absolute Gasteiger partial charge is 0.227 e. The zero-order valence-electron chi connectivity index (χ0n) is 19.8. The van der Waals surface area contributed by atoms with E-state index in [0.29, 0.717) is 5.89 Å². The monoisotopic (exact) mass is 429 g/mol. The summed E-state index contributed by atoms with van der Waals surface area (Å²) in [7, 11) is 0. The van der Waals surface area contributed by atoms with Crippen molar-refractivity contribution >= 4 is 32.3 Å². The van der Waals surface area contributed by atoms with Crippen LogP contribution < -0.4 is 0 Å². The zero-order valence-corrected chi connectivity index (χ0v) is 19.8. The lowest BCUT2D eigenvalue weighted by Crippen LogP contribution is -2.10. The first kappa shape index (κ1) is 20.0. The van der Waals surface area contributed by atoms with E-state index in [4.69, 9.17) is 4.42 Å². The maximum atomic E-state index is 6.01. The molecule has 0 unspecified atom stereocenters. The SMILES string of the molecule is Cc1nc(-c2ccc3ccc4c(-c5ccc(C(C)(C)C)cc5)ccc5ccc2c3c54)oc1C. The third-order valence-electron chi connectivity index (χ3n) is 6.99. The lowest BCUT2D eigenvalue weighted by atomic mass is 9.85. The predicted octanol–water partition coefficient (Wildman–Crippen LogP) is 8.82. The van der Waals surface area contributed by atoms with Crippen LogP contribution in [0.15, 0.2) is 77.2 Å². The molecule has 2 heteroatoms. The Morgan fingerprint density at radius 1 is 0.636 bits per heavy atom. The highest BCUT2D eigenvalue weighted by atomic mass is 16.4. The van der Waals surface area contributed by atoms with Crippen molar-refractivity contribution in [2.45, 2.75) is 40.0 Å². The van der Waals surface area contributed by atoms with Crippen molar-refractivity contribution in [1.82, 2.24) is 4.98 Å². The van der Waals surface area contributed by atoms with Gasteiger partial charge in [-0.2, -0.15) is 0 Å². The molecule has 5 aromatic carbocycles. The molecule has 0 saturated heterocycles. The first-order valence-corrected chi connectivity index (χ1v) is 11.6. The molecule has 0 spiro atoms. The first-order valence-electron chi connectivity index (χ1n) is 11.6. The Hall–Kier alpha value is -3.65. The van der Waals surface area contributed by atoms with Crippen LogP contribution in [-0.4, -0.2) is 4.98 Å². The van der Waals surface area contributed by atoms with Gasteiger partial charge >= 0.3 is 0 Å². The lowest BCUT2D eigenvalue weighted by Gasteiger charge is -2.20. The topological polar surface area (TPSA) is 26.0 Å². The van der Waals surface area contributed by atoms with E-state index in [1.54, 1.807) is 0 Å². The fourth-order valence-corrected chi connectivity index (χ4v) is 4.98. The molecule has 162 valence electrons. The van der Waals surface area contributed by atoms with Gasteiger partial charge < -0.3 is 4.42 Å². The van der Waals surface area contributed by atoms with Crippen LogP contribution in [0.2, 0.25) is 0 Å². The van der Waals surface area contributed by atoms with E-state index in [0.717, 1.165) is 17.0 Å². The summed E-state index contributed by atoms with van der Waals surface area (Å²) in [4.78, 5) is 4.69. The van der Waals surface area contributed by atoms with Crippen LogP contribution in [0.25, 0.3) is 54.9 Å². The Balaban J connectivity index is 1.63. The average molecular weight is 430 g/mol. The fourth-order valence-electron chi connectivity index (χ4n) is 4.98. The highest BCUT2D eigenvalue weighted by Crippen LogP contribution is 2.42. The normalized spacial score (nSPS) is 12.4. The number of oxazole rings is 1. The van der Waals surface area contributed by atoms with Gasteiger partial charge in [-0.15, -0.1) is 0 Å². The number of aryl methyl sites for hydroxylation is 2. The first-order chi connectivity index (χ1) is 15.8. The minimum atomic E-state index is 0.147. The fraction of sp³-hybridized carbons (Fsp3) is 0.194. The maximum Gasteiger partial charge on any atom is 0.227 e. The molecule has 0 N–H and O–H groups in total. The van der Waals surface area contributed by atoms with E-state index in [9.17, 15) is 0 Å². The Bertz CT molecular complexity index is 1630. The second-order valence-corrected chi connectivity index (χ2v) is 10.1. The molecule has 2 nitrogen and oxygen atoms in total. The molecule has 0 amide bonds. The zero-order chi connectivity index (χ0) is 22.9. The summed E-state index contributed by atoms with van der Waals surface area (Å²) in [6.45, 7) is 10.7. The molecule has 0 aliphatic rings. The predicted molar refractivity (Wildman–Crippen MR) is 139 cm³/mol. The van der Waals surface area contributed by atoms with Gasteiger partial charge in [0.05, 0.1) is 5.69 Å². The molecule has 0 saturated carbocycles. The number of benzene rings is 5. The summed E-state index contributed by atoms with van der Waals surface area (Å²) in [5.41, 5.74) is 6.01. The van der Waals surface area contributed by atoms with Crippen molar-refractivity contribution < 1.29 is 4.42 Å². The van der Waals surface area contributed by atoms with Gasteiger partial charge in [-0.25, -0.2) is 4.98 Å². The molecule has 0 radical (unpaired) electrons. The van der Waals surface area contributed by atoms with Gasteiger partial charge in [0.2, 0.25) is 5.89 Å². The van der Waals surface area contributed by atoms with Crippen LogP contribution in [-0.2, 0) is 5.41 Å². The molecule has 6 rings (SSSR count). The minimum absolute atomic E-state index is 0.147. The highest BCUT2D eigenvalue weighted by Gasteiger charge is 2.18. The molecule has 0 atom stereocenters. The van der Waals surface area contributed by atoms with E-state index in [1.807, 2.05) is 13.8 Å². The third-order valence-corrected chi connectivity index (χ3v) is 6.99. The summed E-state index contributed by atoms with van der Waals surface area (Å²) < 4.78 is 6.01. The van der Waals surface area contributed by atoms with E-state index < -0.39 is 0 Å². The van der Waals surface area contributed by atoms with Crippen LogP contribution in [0.4, 0.5) is 0 Å². The molecule has 0 bridgehead atoms. The van der Waals surface area contributed by atoms with Crippen molar-refractivity contribution in [2.75, 3.05) is 0 Å². The Morgan fingerprint density at radius 3 is 1.73 bits per heavy atom. The van der Waals surface area contributed by atoms with Crippen molar-refractivity contribution in [3.8, 4) is 22.6 Å². The molecule has 6 aromatic rings. The Morgan fingerprint density at radius 2 is 1.18 bits per heavy atom. The number of hydrogen-bond donors (Lipinski definition) is 0. The van der Waals surface area contributed by atoms with E-state index in [2.05, 4.69) is 98.6 Å². The Kier molecular flexibility index (Phi) is 4.19. The molecule has 0 fully saturated rings. The number of hydrogen-bond acceptors (Lipinski definition) is 2. The average Bonchev–Trinajstić information content (AvgIpc) is 3.14. The molecule has 0 aliphatic heterocycles. The molecule has 1 aromatic heterocycles. The quantitative estimate of drug-likeness (QED) is 0.257. The Labute approximate surface area is 194 Å². The third kappa shape index (κ3) is 3.05. The van der Waals surface area contributed by atoms with Crippen LogP contribution in [0.5, 0.6) is 0 Å². The number of nitrogens with zero attached hydrogens (tertiary/aromatic N) is 1. The summed E-state index contributed by atoms with van der Waals surface area (Å²) in [5, 5.41) is 7.56. The van der Waals surface area contributed by atoms with E-state index in [1.165, 1.54) is 49.0 Å². The number of aromatic nitrogens is 1. The molecular weight excluding hydrogens is 402 g/mol. The van der Waals surface area contributed by atoms with Gasteiger partial charge in [0, 0.05) is 5.56 Å². The van der Waals surface area contributed by atoms with Crippen LogP contribution >= 0.6 is 0 Å². The molecule has 33 heavy (non-hydrogen) atoms. The minimum Gasteiger partial charge on any atom is -0.441 e. The van der Waals surface area contributed by atoms with Crippen molar-refractivity contribution in [3.05, 3.63) is 89.8 Å². The van der Waals surface area contributed by atoms with Crippen LogP contribution in [0, 0.1) is 13.8 Å². The molecular formula is C31H27NO. The number of rotatable bonds is 2. The highest BCUT2D eigenvalue weighted by molar-refractivity contribution is 6.27. The second kappa shape index (κ2) is 6.92. The van der Waals surface area contributed by atoms with Crippen molar-refractivity contribution in [1.29, 1.82) is 0 Å². The van der Waals surface area contributed by atoms with Gasteiger partial charge in [-0.3, -0.25) is 0 Å². The van der Waals surface area contributed by atoms with E-state index >= 15 is 0 Å². The summed E-state index contributed by atoms with van der Waals surface area (Å²) in [6.07, 6.45) is 0. The largest absolute Gasteiger partial charge is 0.441 e. The standard InChI is InChI=1S/C31H27NO/c1-18-19(2)33-30(32-18)27-17-11-22-9-15-25-24(20-6-12-23(13-7-20)31(3,4)5)14-8-21-10-16-26(27)29(22)28(21)25/h6-17H,1-5H3. The lowest BCUT2D eigenvalue weighted by molar-refractivity contribution is 0.541. The maximum absolute atomic E-state index is 6.01. The van der Waals surface area contributed by atoms with Crippen LogP contribution in [0.1, 0.15) is 37.8 Å². The van der Waals surface area contributed by atoms with Gasteiger partial charge in [-0.1, -0.05) is 87.5 Å². The van der Waals surface area contributed by atoms with Crippen molar-refractivity contribution in [2.24, 2.45) is 0 Å². The van der Waals surface area contributed by atoms with Gasteiger partial charge in [0.1, 0.15) is 5.76 Å². The molecule has 1 heterocycles. The van der Waals surface area contributed by atoms with Gasteiger partial charge in [0.25, 0.3) is 0 Å².